The molecular weight excluding hydrogens is 372 g/mol. The van der Waals surface area contributed by atoms with E-state index in [1.54, 1.807) is 4.68 Å². The van der Waals surface area contributed by atoms with Gasteiger partial charge in [0.1, 0.15) is 5.75 Å². The smallest absolute Gasteiger partial charge is 0.181 e. The van der Waals surface area contributed by atoms with Crippen LogP contribution in [0.1, 0.15) is 49.8 Å². The number of aliphatic hydroxyl groups excluding tert-OH is 1. The first-order valence-electron chi connectivity index (χ1n) is 8.25. The van der Waals surface area contributed by atoms with Crippen LogP contribution < -0.4 is 4.74 Å². The van der Waals surface area contributed by atoms with Crippen LogP contribution in [0.15, 0.2) is 28.9 Å². The van der Waals surface area contributed by atoms with E-state index in [0.29, 0.717) is 24.6 Å². The number of nitrogens with zero attached hydrogens (tertiary/aromatic N) is 2. The molecule has 1 heterocycles. The van der Waals surface area contributed by atoms with E-state index in [9.17, 15) is 10.2 Å². The molecule has 0 bridgehead atoms. The van der Waals surface area contributed by atoms with Crippen LogP contribution in [0.5, 0.6) is 5.75 Å². The molecule has 2 rings (SSSR count). The van der Waals surface area contributed by atoms with Crippen molar-refractivity contribution in [1.29, 1.82) is 0 Å². The van der Waals surface area contributed by atoms with E-state index in [1.807, 2.05) is 25.1 Å². The van der Waals surface area contributed by atoms with E-state index in [1.165, 1.54) is 6.20 Å². The highest BCUT2D eigenvalue weighted by atomic mass is 79.9. The second kappa shape index (κ2) is 8.65. The number of ether oxygens (including phenoxy) is 1. The summed E-state index contributed by atoms with van der Waals surface area (Å²) in [4.78, 5) is 0. The third kappa shape index (κ3) is 4.59. The average Bonchev–Trinajstić information content (AvgIpc) is 2.91. The molecule has 0 saturated heterocycles. The standard InChI is InChI=1S/C18H25BrN2O3/c1-4-13(5-2)11-24-17-7-6-15(19)8-14(17)10-21-12(3)16(9-20-21)18(22)23/h6-9,13,18,22-23H,4-5,10-11H2,1-3H3. The van der Waals surface area contributed by atoms with Gasteiger partial charge in [-0.15, -0.1) is 0 Å². The molecule has 5 nitrogen and oxygen atoms in total. The zero-order chi connectivity index (χ0) is 17.7. The van der Waals surface area contributed by atoms with Crippen LogP contribution in [0, 0.1) is 12.8 Å². The summed E-state index contributed by atoms with van der Waals surface area (Å²) in [5, 5.41) is 23.0. The van der Waals surface area contributed by atoms with Gasteiger partial charge in [0.15, 0.2) is 6.29 Å². The van der Waals surface area contributed by atoms with Crippen LogP contribution in [0.4, 0.5) is 0 Å². The molecule has 0 aliphatic carbocycles. The van der Waals surface area contributed by atoms with Crippen LogP contribution in [0.3, 0.4) is 0 Å². The monoisotopic (exact) mass is 396 g/mol. The number of aliphatic hydroxyl groups is 2. The Balaban J connectivity index is 2.21. The summed E-state index contributed by atoms with van der Waals surface area (Å²) in [6.45, 7) is 7.38. The fraction of sp³-hybridized carbons (Fsp3) is 0.500. The Morgan fingerprint density at radius 3 is 2.54 bits per heavy atom. The molecule has 132 valence electrons. The lowest BCUT2D eigenvalue weighted by atomic mass is 10.1. The molecule has 1 aromatic heterocycles. The Kier molecular flexibility index (Phi) is 6.83. The van der Waals surface area contributed by atoms with Gasteiger partial charge in [-0.05, 0) is 31.0 Å². The van der Waals surface area contributed by atoms with E-state index >= 15 is 0 Å². The predicted octanol–water partition coefficient (Wildman–Crippen LogP) is 3.80. The Hall–Kier alpha value is -1.37. The normalized spacial score (nSPS) is 11.5. The molecule has 0 radical (unpaired) electrons. The topological polar surface area (TPSA) is 67.5 Å². The maximum Gasteiger partial charge on any atom is 0.181 e. The Morgan fingerprint density at radius 1 is 1.25 bits per heavy atom. The van der Waals surface area contributed by atoms with Gasteiger partial charge in [0.05, 0.1) is 19.3 Å². The van der Waals surface area contributed by atoms with Crippen molar-refractivity contribution < 1.29 is 14.9 Å². The first kappa shape index (κ1) is 19.0. The first-order chi connectivity index (χ1) is 11.5. The van der Waals surface area contributed by atoms with Gasteiger partial charge in [0.2, 0.25) is 0 Å². The summed E-state index contributed by atoms with van der Waals surface area (Å²) in [5.74, 6) is 1.38. The minimum absolute atomic E-state index is 0.421. The Morgan fingerprint density at radius 2 is 1.96 bits per heavy atom. The second-order valence-electron chi connectivity index (χ2n) is 5.96. The lowest BCUT2D eigenvalue weighted by Crippen LogP contribution is -2.12. The molecule has 0 saturated carbocycles. The summed E-state index contributed by atoms with van der Waals surface area (Å²) in [6.07, 6.45) is 2.17. The summed E-state index contributed by atoms with van der Waals surface area (Å²) in [7, 11) is 0. The average molecular weight is 397 g/mol. The third-order valence-corrected chi connectivity index (χ3v) is 4.88. The van der Waals surface area contributed by atoms with Gasteiger partial charge < -0.3 is 14.9 Å². The second-order valence-corrected chi connectivity index (χ2v) is 6.88. The SMILES string of the molecule is CCC(CC)COc1ccc(Br)cc1Cn1ncc(C(O)O)c1C. The van der Waals surface area contributed by atoms with E-state index in [2.05, 4.69) is 34.9 Å². The maximum atomic E-state index is 9.35. The lowest BCUT2D eigenvalue weighted by Gasteiger charge is -2.17. The maximum absolute atomic E-state index is 9.35. The molecule has 24 heavy (non-hydrogen) atoms. The molecular formula is C18H25BrN2O3. The molecule has 0 amide bonds. The fourth-order valence-electron chi connectivity index (χ4n) is 2.58. The zero-order valence-corrected chi connectivity index (χ0v) is 16.0. The molecule has 2 aromatic rings. The largest absolute Gasteiger partial charge is 0.493 e. The van der Waals surface area contributed by atoms with Gasteiger partial charge in [-0.3, -0.25) is 4.68 Å². The van der Waals surface area contributed by atoms with Crippen LogP contribution in [-0.2, 0) is 6.54 Å². The van der Waals surface area contributed by atoms with Crippen molar-refractivity contribution in [2.45, 2.75) is 46.4 Å². The van der Waals surface area contributed by atoms with Crippen LogP contribution in [-0.4, -0.2) is 26.6 Å². The molecule has 1 aromatic carbocycles. The molecule has 6 heteroatoms. The number of hydrogen-bond acceptors (Lipinski definition) is 4. The van der Waals surface area contributed by atoms with E-state index in [0.717, 1.165) is 34.3 Å². The van der Waals surface area contributed by atoms with E-state index < -0.39 is 6.29 Å². The van der Waals surface area contributed by atoms with Gasteiger partial charge >= 0.3 is 0 Å². The van der Waals surface area contributed by atoms with Crippen molar-refractivity contribution in [1.82, 2.24) is 9.78 Å². The van der Waals surface area contributed by atoms with Crippen molar-refractivity contribution in [3.63, 3.8) is 0 Å². The van der Waals surface area contributed by atoms with Gasteiger partial charge in [0, 0.05) is 21.3 Å². The molecule has 0 fully saturated rings. The highest BCUT2D eigenvalue weighted by Crippen LogP contribution is 2.26. The van der Waals surface area contributed by atoms with Gasteiger partial charge in [-0.2, -0.15) is 5.10 Å². The molecule has 0 aliphatic rings. The molecule has 0 atom stereocenters. The number of aromatic nitrogens is 2. The molecule has 0 spiro atoms. The first-order valence-corrected chi connectivity index (χ1v) is 9.05. The lowest BCUT2D eigenvalue weighted by molar-refractivity contribution is -0.0430. The third-order valence-electron chi connectivity index (χ3n) is 4.39. The van der Waals surface area contributed by atoms with Crippen LogP contribution in [0.2, 0.25) is 0 Å². The van der Waals surface area contributed by atoms with Crippen LogP contribution >= 0.6 is 15.9 Å². The number of rotatable bonds is 8. The van der Waals surface area contributed by atoms with Crippen molar-refractivity contribution in [3.05, 3.63) is 45.7 Å². The molecule has 0 aliphatic heterocycles. The molecule has 2 N–H and O–H groups in total. The van der Waals surface area contributed by atoms with Gasteiger partial charge in [0.25, 0.3) is 0 Å². The summed E-state index contributed by atoms with van der Waals surface area (Å²) in [5.41, 5.74) is 2.15. The summed E-state index contributed by atoms with van der Waals surface area (Å²) >= 11 is 3.50. The summed E-state index contributed by atoms with van der Waals surface area (Å²) < 4.78 is 8.76. The van der Waals surface area contributed by atoms with E-state index in [4.69, 9.17) is 4.74 Å². The predicted molar refractivity (Wildman–Crippen MR) is 97.0 cm³/mol. The van der Waals surface area contributed by atoms with Crippen molar-refractivity contribution in [2.24, 2.45) is 5.92 Å². The highest BCUT2D eigenvalue weighted by molar-refractivity contribution is 9.10. The van der Waals surface area contributed by atoms with Crippen molar-refractivity contribution >= 4 is 15.9 Å². The fourth-order valence-corrected chi connectivity index (χ4v) is 2.99. The quantitative estimate of drug-likeness (QED) is 0.665. The van der Waals surface area contributed by atoms with Gasteiger partial charge in [-0.1, -0.05) is 42.6 Å². The number of halogens is 1. The van der Waals surface area contributed by atoms with Gasteiger partial charge in [-0.25, -0.2) is 0 Å². The minimum atomic E-state index is -1.51. The zero-order valence-electron chi connectivity index (χ0n) is 14.4. The van der Waals surface area contributed by atoms with Crippen molar-refractivity contribution in [2.75, 3.05) is 6.61 Å². The highest BCUT2D eigenvalue weighted by Gasteiger charge is 2.15. The van der Waals surface area contributed by atoms with Crippen molar-refractivity contribution in [3.8, 4) is 5.75 Å². The van der Waals surface area contributed by atoms with Crippen LogP contribution in [0.25, 0.3) is 0 Å². The molecule has 0 unspecified atom stereocenters. The number of hydrogen-bond donors (Lipinski definition) is 2. The summed E-state index contributed by atoms with van der Waals surface area (Å²) in [6, 6.07) is 5.94. The number of benzene rings is 1. The minimum Gasteiger partial charge on any atom is -0.493 e. The Bertz CT molecular complexity index is 666. The Labute approximate surface area is 151 Å². The van der Waals surface area contributed by atoms with E-state index in [-0.39, 0.29) is 0 Å².